The summed E-state index contributed by atoms with van der Waals surface area (Å²) in [6, 6.07) is 7.44. The topological polar surface area (TPSA) is 65.6 Å². The standard InChI is InChI=1S/C16H21ClN4O2/c17-14-3-1-2-13(12-14)16-18-15(23-19-16)4-5-20-6-8-21(9-7-20)10-11-22/h1-3,12,22H,4-11H2. The lowest BCUT2D eigenvalue weighted by molar-refractivity contribution is 0.112. The lowest BCUT2D eigenvalue weighted by Crippen LogP contribution is -2.47. The third-order valence-electron chi connectivity index (χ3n) is 4.07. The first-order chi connectivity index (χ1) is 11.2. The minimum absolute atomic E-state index is 0.230. The summed E-state index contributed by atoms with van der Waals surface area (Å²) in [6.07, 6.45) is 0.744. The first kappa shape index (κ1) is 16.4. The lowest BCUT2D eigenvalue weighted by Gasteiger charge is -2.33. The summed E-state index contributed by atoms with van der Waals surface area (Å²) in [7, 11) is 0. The zero-order chi connectivity index (χ0) is 16.1. The van der Waals surface area contributed by atoms with Crippen LogP contribution in [0.25, 0.3) is 11.4 Å². The van der Waals surface area contributed by atoms with Crippen molar-refractivity contribution in [3.8, 4) is 11.4 Å². The summed E-state index contributed by atoms with van der Waals surface area (Å²) in [4.78, 5) is 9.11. The van der Waals surface area contributed by atoms with E-state index in [1.54, 1.807) is 0 Å². The van der Waals surface area contributed by atoms with Gasteiger partial charge in [-0.1, -0.05) is 28.9 Å². The van der Waals surface area contributed by atoms with Crippen LogP contribution in [0.15, 0.2) is 28.8 Å². The zero-order valence-corrected chi connectivity index (χ0v) is 13.7. The Morgan fingerprint density at radius 3 is 2.57 bits per heavy atom. The van der Waals surface area contributed by atoms with E-state index in [2.05, 4.69) is 19.9 Å². The average Bonchev–Trinajstić information content (AvgIpc) is 3.04. The van der Waals surface area contributed by atoms with Crippen molar-refractivity contribution < 1.29 is 9.63 Å². The maximum absolute atomic E-state index is 8.96. The Morgan fingerprint density at radius 2 is 1.87 bits per heavy atom. The minimum atomic E-state index is 0.230. The Kier molecular flexibility index (Phi) is 5.61. The summed E-state index contributed by atoms with van der Waals surface area (Å²) >= 11 is 5.99. The second-order valence-electron chi connectivity index (χ2n) is 5.68. The maximum atomic E-state index is 8.96. The molecule has 6 nitrogen and oxygen atoms in total. The number of piperazine rings is 1. The van der Waals surface area contributed by atoms with Gasteiger partial charge in [0.2, 0.25) is 11.7 Å². The summed E-state index contributed by atoms with van der Waals surface area (Å²) in [6.45, 7) is 5.92. The maximum Gasteiger partial charge on any atom is 0.228 e. The van der Waals surface area contributed by atoms with Gasteiger partial charge in [-0.2, -0.15) is 4.98 Å². The van der Waals surface area contributed by atoms with Gasteiger partial charge in [-0.15, -0.1) is 0 Å². The second kappa shape index (κ2) is 7.88. The highest BCUT2D eigenvalue weighted by atomic mass is 35.5. The molecule has 1 saturated heterocycles. The minimum Gasteiger partial charge on any atom is -0.395 e. The fraction of sp³-hybridized carbons (Fsp3) is 0.500. The molecule has 1 fully saturated rings. The quantitative estimate of drug-likeness (QED) is 0.863. The van der Waals surface area contributed by atoms with E-state index in [1.165, 1.54) is 0 Å². The number of halogens is 1. The van der Waals surface area contributed by atoms with Crippen molar-refractivity contribution in [2.24, 2.45) is 0 Å². The summed E-state index contributed by atoms with van der Waals surface area (Å²) in [5.41, 5.74) is 0.866. The molecule has 1 N–H and O–H groups in total. The van der Waals surface area contributed by atoms with Crippen LogP contribution in [0, 0.1) is 0 Å². The fourth-order valence-corrected chi connectivity index (χ4v) is 2.92. The van der Waals surface area contributed by atoms with E-state index in [0.717, 1.165) is 51.3 Å². The predicted molar refractivity (Wildman–Crippen MR) is 88.4 cm³/mol. The van der Waals surface area contributed by atoms with E-state index in [-0.39, 0.29) is 6.61 Å². The Morgan fingerprint density at radius 1 is 1.13 bits per heavy atom. The molecule has 1 aliphatic rings. The van der Waals surface area contributed by atoms with Crippen molar-refractivity contribution in [2.45, 2.75) is 6.42 Å². The van der Waals surface area contributed by atoms with Gasteiger partial charge < -0.3 is 14.5 Å². The zero-order valence-electron chi connectivity index (χ0n) is 13.0. The van der Waals surface area contributed by atoms with Gasteiger partial charge in [0.25, 0.3) is 0 Å². The first-order valence-corrected chi connectivity index (χ1v) is 8.26. The number of aliphatic hydroxyl groups is 1. The molecule has 0 atom stereocenters. The number of β-amino-alcohol motifs (C(OH)–C–C–N with tert-alkyl or cyclic N) is 1. The van der Waals surface area contributed by atoms with Gasteiger partial charge in [0.1, 0.15) is 0 Å². The highest BCUT2D eigenvalue weighted by Gasteiger charge is 2.17. The van der Waals surface area contributed by atoms with Crippen LogP contribution in [0.5, 0.6) is 0 Å². The summed E-state index contributed by atoms with van der Waals surface area (Å²) in [5.74, 6) is 1.23. The molecular formula is C16H21ClN4O2. The van der Waals surface area contributed by atoms with Gasteiger partial charge >= 0.3 is 0 Å². The van der Waals surface area contributed by atoms with Crippen LogP contribution < -0.4 is 0 Å². The third kappa shape index (κ3) is 4.51. The smallest absolute Gasteiger partial charge is 0.228 e. The van der Waals surface area contributed by atoms with Crippen molar-refractivity contribution in [3.63, 3.8) is 0 Å². The van der Waals surface area contributed by atoms with E-state index < -0.39 is 0 Å². The summed E-state index contributed by atoms with van der Waals surface area (Å²) in [5, 5.41) is 13.6. The molecule has 0 aliphatic carbocycles. The van der Waals surface area contributed by atoms with Gasteiger partial charge in [-0.25, -0.2) is 0 Å². The molecule has 23 heavy (non-hydrogen) atoms. The molecular weight excluding hydrogens is 316 g/mol. The van der Waals surface area contributed by atoms with Crippen molar-refractivity contribution in [2.75, 3.05) is 45.9 Å². The molecule has 7 heteroatoms. The lowest BCUT2D eigenvalue weighted by atomic mass is 10.2. The molecule has 0 bridgehead atoms. The number of aliphatic hydroxyl groups excluding tert-OH is 1. The van der Waals surface area contributed by atoms with Gasteiger partial charge in [0, 0.05) is 56.3 Å². The molecule has 0 unspecified atom stereocenters. The number of hydrogen-bond acceptors (Lipinski definition) is 6. The molecule has 124 valence electrons. The first-order valence-electron chi connectivity index (χ1n) is 7.89. The summed E-state index contributed by atoms with van der Waals surface area (Å²) < 4.78 is 5.34. The fourth-order valence-electron chi connectivity index (χ4n) is 2.73. The van der Waals surface area contributed by atoms with Gasteiger partial charge in [-0.3, -0.25) is 4.90 Å². The molecule has 0 saturated carbocycles. The van der Waals surface area contributed by atoms with Crippen molar-refractivity contribution in [3.05, 3.63) is 35.2 Å². The van der Waals surface area contributed by atoms with E-state index >= 15 is 0 Å². The molecule has 1 aromatic heterocycles. The Balaban J connectivity index is 1.50. The van der Waals surface area contributed by atoms with Gasteiger partial charge in [0.05, 0.1) is 6.61 Å². The molecule has 0 amide bonds. The predicted octanol–water partition coefficient (Wildman–Crippen LogP) is 1.54. The third-order valence-corrected chi connectivity index (χ3v) is 4.31. The van der Waals surface area contributed by atoms with Crippen LogP contribution >= 0.6 is 11.6 Å². The van der Waals surface area contributed by atoms with Crippen LogP contribution in [-0.4, -0.2) is 70.9 Å². The van der Waals surface area contributed by atoms with Gasteiger partial charge in [-0.05, 0) is 12.1 Å². The largest absolute Gasteiger partial charge is 0.395 e. The Hall–Kier alpha value is -1.47. The number of rotatable bonds is 6. The van der Waals surface area contributed by atoms with Crippen molar-refractivity contribution in [1.29, 1.82) is 0 Å². The van der Waals surface area contributed by atoms with Crippen LogP contribution in [0.3, 0.4) is 0 Å². The second-order valence-corrected chi connectivity index (χ2v) is 6.12. The molecule has 0 radical (unpaired) electrons. The van der Waals surface area contributed by atoms with Crippen LogP contribution in [0.4, 0.5) is 0 Å². The molecule has 1 aliphatic heterocycles. The van der Waals surface area contributed by atoms with Gasteiger partial charge in [0.15, 0.2) is 0 Å². The van der Waals surface area contributed by atoms with Crippen molar-refractivity contribution in [1.82, 2.24) is 19.9 Å². The molecule has 0 spiro atoms. The number of aromatic nitrogens is 2. The van der Waals surface area contributed by atoms with Crippen LogP contribution in [-0.2, 0) is 6.42 Å². The normalized spacial score (nSPS) is 16.8. The Labute approximate surface area is 140 Å². The average molecular weight is 337 g/mol. The van der Waals surface area contributed by atoms with E-state index in [1.807, 2.05) is 24.3 Å². The number of benzene rings is 1. The SMILES string of the molecule is OCCN1CCN(CCc2nc(-c3cccc(Cl)c3)no2)CC1. The van der Waals surface area contributed by atoms with E-state index in [9.17, 15) is 0 Å². The van der Waals surface area contributed by atoms with Crippen LogP contribution in [0.1, 0.15) is 5.89 Å². The van der Waals surface area contributed by atoms with Crippen molar-refractivity contribution >= 4 is 11.6 Å². The molecule has 3 rings (SSSR count). The number of hydrogen-bond donors (Lipinski definition) is 1. The molecule has 1 aromatic carbocycles. The van der Waals surface area contributed by atoms with Crippen LogP contribution in [0.2, 0.25) is 5.02 Å². The number of nitrogens with zero attached hydrogens (tertiary/aromatic N) is 4. The van der Waals surface area contributed by atoms with E-state index in [4.69, 9.17) is 21.2 Å². The highest BCUT2D eigenvalue weighted by molar-refractivity contribution is 6.30. The Bertz CT molecular complexity index is 626. The highest BCUT2D eigenvalue weighted by Crippen LogP contribution is 2.20. The molecule has 2 heterocycles. The monoisotopic (exact) mass is 336 g/mol. The molecule has 2 aromatic rings. The van der Waals surface area contributed by atoms with E-state index in [0.29, 0.717) is 16.7 Å².